The van der Waals surface area contributed by atoms with E-state index in [1.54, 1.807) is 7.05 Å². The van der Waals surface area contributed by atoms with Crippen molar-refractivity contribution in [3.05, 3.63) is 0 Å². The van der Waals surface area contributed by atoms with Gasteiger partial charge in [0, 0.05) is 13.6 Å². The van der Waals surface area contributed by atoms with Crippen LogP contribution in [0.4, 0.5) is 0 Å². The molecule has 5 heteroatoms. The molecular formula is C12H23N3O2. The number of carbonyl (C=O) groups excluding carboxylic acids is 2. The van der Waals surface area contributed by atoms with Gasteiger partial charge in [-0.3, -0.25) is 9.59 Å². The maximum Gasteiger partial charge on any atom is 0.240 e. The van der Waals surface area contributed by atoms with Gasteiger partial charge >= 0.3 is 0 Å². The van der Waals surface area contributed by atoms with Gasteiger partial charge in [-0.15, -0.1) is 0 Å². The van der Waals surface area contributed by atoms with Gasteiger partial charge in [0.1, 0.15) is 0 Å². The van der Waals surface area contributed by atoms with E-state index >= 15 is 0 Å². The van der Waals surface area contributed by atoms with Crippen LogP contribution < -0.4 is 11.1 Å². The number of hydrogen-bond acceptors (Lipinski definition) is 3. The zero-order valence-electron chi connectivity index (χ0n) is 10.7. The summed E-state index contributed by atoms with van der Waals surface area (Å²) in [4.78, 5) is 24.9. The predicted molar refractivity (Wildman–Crippen MR) is 66.3 cm³/mol. The Morgan fingerprint density at radius 3 is 2.47 bits per heavy atom. The second-order valence-electron chi connectivity index (χ2n) is 4.60. The number of nitrogens with zero attached hydrogens (tertiary/aromatic N) is 1. The van der Waals surface area contributed by atoms with Crippen molar-refractivity contribution in [2.75, 3.05) is 20.1 Å². The van der Waals surface area contributed by atoms with Crippen molar-refractivity contribution in [3.63, 3.8) is 0 Å². The van der Waals surface area contributed by atoms with Crippen LogP contribution in [-0.2, 0) is 9.59 Å². The summed E-state index contributed by atoms with van der Waals surface area (Å²) in [7, 11) is 1.57. The highest BCUT2D eigenvalue weighted by Crippen LogP contribution is 2.27. The molecule has 1 aliphatic rings. The molecule has 0 aliphatic heterocycles. The molecule has 1 atom stereocenters. The van der Waals surface area contributed by atoms with Gasteiger partial charge in [-0.1, -0.05) is 12.8 Å². The van der Waals surface area contributed by atoms with Crippen molar-refractivity contribution < 1.29 is 9.59 Å². The first-order valence-corrected chi connectivity index (χ1v) is 6.35. The quantitative estimate of drug-likeness (QED) is 0.716. The van der Waals surface area contributed by atoms with Crippen LogP contribution in [0.15, 0.2) is 0 Å². The van der Waals surface area contributed by atoms with E-state index in [0.717, 1.165) is 25.7 Å². The molecule has 0 heterocycles. The summed E-state index contributed by atoms with van der Waals surface area (Å²) in [6.07, 6.45) is 4.38. The highest BCUT2D eigenvalue weighted by atomic mass is 16.2. The first-order valence-electron chi connectivity index (χ1n) is 6.35. The summed E-state index contributed by atoms with van der Waals surface area (Å²) < 4.78 is 0. The van der Waals surface area contributed by atoms with Crippen LogP contribution in [0, 0.1) is 5.92 Å². The number of hydrogen-bond donors (Lipinski definition) is 2. The van der Waals surface area contributed by atoms with E-state index in [2.05, 4.69) is 5.32 Å². The molecule has 5 nitrogen and oxygen atoms in total. The molecule has 17 heavy (non-hydrogen) atoms. The van der Waals surface area contributed by atoms with E-state index in [9.17, 15) is 9.59 Å². The maximum absolute atomic E-state index is 12.1. The highest BCUT2D eigenvalue weighted by molar-refractivity contribution is 5.87. The molecule has 0 aromatic carbocycles. The van der Waals surface area contributed by atoms with Crippen LogP contribution in [0.2, 0.25) is 0 Å². The molecule has 0 aromatic rings. The van der Waals surface area contributed by atoms with Crippen LogP contribution >= 0.6 is 0 Å². The monoisotopic (exact) mass is 241 g/mol. The van der Waals surface area contributed by atoms with E-state index < -0.39 is 6.04 Å². The van der Waals surface area contributed by atoms with Crippen LogP contribution in [0.1, 0.15) is 32.6 Å². The Bertz CT molecular complexity index is 275. The molecular weight excluding hydrogens is 218 g/mol. The summed E-state index contributed by atoms with van der Waals surface area (Å²) in [5.41, 5.74) is 5.99. The normalized spacial score (nSPS) is 17.8. The molecule has 1 fully saturated rings. The van der Waals surface area contributed by atoms with Crippen LogP contribution in [0.5, 0.6) is 0 Å². The third-order valence-electron chi connectivity index (χ3n) is 3.50. The van der Waals surface area contributed by atoms with E-state index in [1.165, 1.54) is 4.90 Å². The van der Waals surface area contributed by atoms with Gasteiger partial charge in [-0.2, -0.15) is 0 Å². The average Bonchev–Trinajstić information content (AvgIpc) is 2.87. The first kappa shape index (κ1) is 14.0. The number of nitrogens with two attached hydrogens (primary N) is 1. The fraction of sp³-hybridized carbons (Fsp3) is 0.833. The number of carbonyl (C=O) groups is 2. The lowest BCUT2D eigenvalue weighted by molar-refractivity contribution is -0.137. The predicted octanol–water partition coefficient (Wildman–Crippen LogP) is 0.0984. The molecule has 0 bridgehead atoms. The van der Waals surface area contributed by atoms with Gasteiger partial charge in [0.25, 0.3) is 0 Å². The van der Waals surface area contributed by atoms with Crippen molar-refractivity contribution in [1.29, 1.82) is 0 Å². The van der Waals surface area contributed by atoms with E-state index in [-0.39, 0.29) is 18.4 Å². The van der Waals surface area contributed by atoms with Gasteiger partial charge in [0.2, 0.25) is 11.8 Å². The zero-order chi connectivity index (χ0) is 12.8. The topological polar surface area (TPSA) is 75.4 Å². The average molecular weight is 241 g/mol. The molecule has 2 amide bonds. The van der Waals surface area contributed by atoms with Crippen molar-refractivity contribution in [2.24, 2.45) is 11.7 Å². The van der Waals surface area contributed by atoms with Gasteiger partial charge < -0.3 is 16.0 Å². The number of rotatable bonds is 5. The third-order valence-corrected chi connectivity index (χ3v) is 3.50. The van der Waals surface area contributed by atoms with Gasteiger partial charge in [0.15, 0.2) is 0 Å². The van der Waals surface area contributed by atoms with Gasteiger partial charge in [0.05, 0.1) is 12.6 Å². The lowest BCUT2D eigenvalue weighted by Gasteiger charge is -2.26. The summed E-state index contributed by atoms with van der Waals surface area (Å²) in [6.45, 7) is 2.49. The molecule has 0 unspecified atom stereocenters. The summed E-state index contributed by atoms with van der Waals surface area (Å²) in [6, 6.07) is -0.442. The lowest BCUT2D eigenvalue weighted by Crippen LogP contribution is -2.49. The zero-order valence-corrected chi connectivity index (χ0v) is 10.7. The second kappa shape index (κ2) is 6.59. The summed E-state index contributed by atoms with van der Waals surface area (Å²) in [5.74, 6) is 0.0445. The van der Waals surface area contributed by atoms with Crippen molar-refractivity contribution in [2.45, 2.75) is 38.6 Å². The summed E-state index contributed by atoms with van der Waals surface area (Å²) >= 11 is 0. The molecule has 0 radical (unpaired) electrons. The molecule has 1 aliphatic carbocycles. The van der Waals surface area contributed by atoms with Crippen LogP contribution in [0.3, 0.4) is 0 Å². The number of nitrogens with one attached hydrogen (secondary N) is 1. The Balaban J connectivity index is 2.55. The lowest BCUT2D eigenvalue weighted by atomic mass is 9.98. The molecule has 0 spiro atoms. The summed E-state index contributed by atoms with van der Waals surface area (Å²) in [5, 5.41) is 2.52. The SMILES string of the molecule is CCN(CC(=O)NC)C(=O)[C@@H](N)C1CCCC1. The minimum Gasteiger partial charge on any atom is -0.358 e. The highest BCUT2D eigenvalue weighted by Gasteiger charge is 2.30. The Morgan fingerprint density at radius 2 is 2.00 bits per heavy atom. The molecule has 0 aromatic heterocycles. The Kier molecular flexibility index (Phi) is 5.41. The van der Waals surface area contributed by atoms with Crippen molar-refractivity contribution in [1.82, 2.24) is 10.2 Å². The Labute approximate surface area is 103 Å². The standard InChI is InChI=1S/C12H23N3O2/c1-3-15(8-10(16)14-2)12(17)11(13)9-6-4-5-7-9/h9,11H,3-8,13H2,1-2H3,(H,14,16)/t11-/m0/s1. The smallest absolute Gasteiger partial charge is 0.240 e. The number of amides is 2. The molecule has 1 rings (SSSR count). The maximum atomic E-state index is 12.1. The Morgan fingerprint density at radius 1 is 1.41 bits per heavy atom. The number of likely N-dealkylation sites (N-methyl/N-ethyl adjacent to an activating group) is 2. The Hall–Kier alpha value is -1.10. The molecule has 0 saturated heterocycles. The van der Waals surface area contributed by atoms with Crippen molar-refractivity contribution in [3.8, 4) is 0 Å². The largest absolute Gasteiger partial charge is 0.358 e. The van der Waals surface area contributed by atoms with E-state index in [1.807, 2.05) is 6.92 Å². The second-order valence-corrected chi connectivity index (χ2v) is 4.60. The van der Waals surface area contributed by atoms with Crippen LogP contribution in [-0.4, -0.2) is 42.9 Å². The van der Waals surface area contributed by atoms with Crippen LogP contribution in [0.25, 0.3) is 0 Å². The van der Waals surface area contributed by atoms with Gasteiger partial charge in [-0.05, 0) is 25.7 Å². The van der Waals surface area contributed by atoms with Gasteiger partial charge in [-0.25, -0.2) is 0 Å². The first-order chi connectivity index (χ1) is 8.10. The minimum atomic E-state index is -0.442. The van der Waals surface area contributed by atoms with Crippen molar-refractivity contribution >= 4 is 11.8 Å². The molecule has 1 saturated carbocycles. The minimum absolute atomic E-state index is 0.0944. The molecule has 3 N–H and O–H groups in total. The molecule has 98 valence electrons. The third kappa shape index (κ3) is 3.70. The van der Waals surface area contributed by atoms with E-state index in [0.29, 0.717) is 12.5 Å². The fourth-order valence-corrected chi connectivity index (χ4v) is 2.33. The fourth-order valence-electron chi connectivity index (χ4n) is 2.33. The van der Waals surface area contributed by atoms with E-state index in [4.69, 9.17) is 5.73 Å².